The number of rotatable bonds is 1. The minimum atomic E-state index is 0.113. The van der Waals surface area contributed by atoms with Crippen molar-refractivity contribution in [3.05, 3.63) is 0 Å². The van der Waals surface area contributed by atoms with E-state index < -0.39 is 0 Å². The molecule has 0 saturated carbocycles. The molecule has 8 heavy (non-hydrogen) atoms. The van der Waals surface area contributed by atoms with E-state index in [9.17, 15) is 0 Å². The Kier molecular flexibility index (Phi) is 2.68. The van der Waals surface area contributed by atoms with Gasteiger partial charge in [0.1, 0.15) is 4.62 Å². The van der Waals surface area contributed by atoms with Crippen LogP contribution in [0.5, 0.6) is 0 Å². The maximum absolute atomic E-state index is 7.05. The number of nitrogens with one attached hydrogen (secondary N) is 2. The van der Waals surface area contributed by atoms with Crippen molar-refractivity contribution in [3.63, 3.8) is 0 Å². The van der Waals surface area contributed by atoms with Crippen LogP contribution in [0, 0.1) is 10.8 Å². The van der Waals surface area contributed by atoms with Crippen LogP contribution in [-0.2, 0) is 0 Å². The molecule has 0 rings (SSSR count). The zero-order valence-electron chi connectivity index (χ0n) is 4.83. The topological polar surface area (TPSA) is 50.9 Å². The van der Waals surface area contributed by atoms with Crippen LogP contribution >= 0.6 is 15.9 Å². The third-order valence-corrected chi connectivity index (χ3v) is 1.03. The maximum Gasteiger partial charge on any atom is 0.153 e. The Labute approximate surface area is 56.8 Å². The Balaban J connectivity index is 3.84. The third-order valence-electron chi connectivity index (χ3n) is 0.655. The second-order valence-electron chi connectivity index (χ2n) is 1.56. The fraction of sp³-hybridized carbons (Fsp3) is 0.500. The zero-order chi connectivity index (χ0) is 6.73. The van der Waals surface area contributed by atoms with Crippen molar-refractivity contribution >= 4 is 26.4 Å². The summed E-state index contributed by atoms with van der Waals surface area (Å²) in [5.74, 6) is 0.185. The van der Waals surface area contributed by atoms with Gasteiger partial charge in [-0.2, -0.15) is 0 Å². The van der Waals surface area contributed by atoms with Crippen molar-refractivity contribution in [3.8, 4) is 0 Å². The normalized spacial score (nSPS) is 8.38. The van der Waals surface area contributed by atoms with Crippen molar-refractivity contribution in [1.82, 2.24) is 4.90 Å². The van der Waals surface area contributed by atoms with Gasteiger partial charge in [0.15, 0.2) is 5.84 Å². The maximum atomic E-state index is 7.05. The summed E-state index contributed by atoms with van der Waals surface area (Å²) in [6.07, 6.45) is 0. The molecule has 0 atom stereocenters. The summed E-state index contributed by atoms with van der Waals surface area (Å²) >= 11 is 2.86. The Morgan fingerprint density at radius 2 is 1.75 bits per heavy atom. The van der Waals surface area contributed by atoms with E-state index in [1.807, 2.05) is 0 Å². The second kappa shape index (κ2) is 2.81. The lowest BCUT2D eigenvalue weighted by Crippen LogP contribution is -2.25. The number of nitrogens with zero attached hydrogens (tertiary/aromatic N) is 1. The van der Waals surface area contributed by atoms with E-state index in [1.54, 1.807) is 19.0 Å². The summed E-state index contributed by atoms with van der Waals surface area (Å²) in [5, 5.41) is 13.9. The number of amidine groups is 1. The number of hydrogen-bond acceptors (Lipinski definition) is 2. The van der Waals surface area contributed by atoms with Crippen molar-refractivity contribution in [2.75, 3.05) is 14.1 Å². The molecule has 0 bridgehead atoms. The Morgan fingerprint density at radius 1 is 1.38 bits per heavy atom. The molecule has 0 aromatic heterocycles. The van der Waals surface area contributed by atoms with E-state index in [2.05, 4.69) is 15.9 Å². The quantitative estimate of drug-likeness (QED) is 0.454. The molecule has 3 nitrogen and oxygen atoms in total. The first-order valence-electron chi connectivity index (χ1n) is 2.06. The fourth-order valence-corrected chi connectivity index (χ4v) is 0.551. The molecule has 0 amide bonds. The molecular formula is C4H8BrN3. The highest BCUT2D eigenvalue weighted by Crippen LogP contribution is 1.89. The van der Waals surface area contributed by atoms with Crippen LogP contribution in [0.25, 0.3) is 0 Å². The van der Waals surface area contributed by atoms with E-state index in [-0.39, 0.29) is 10.5 Å². The fourth-order valence-electron chi connectivity index (χ4n) is 0.196. The van der Waals surface area contributed by atoms with Crippen LogP contribution in [0.3, 0.4) is 0 Å². The molecule has 2 N–H and O–H groups in total. The summed E-state index contributed by atoms with van der Waals surface area (Å²) < 4.78 is 0.113. The minimum absolute atomic E-state index is 0.113. The van der Waals surface area contributed by atoms with Gasteiger partial charge in [0.25, 0.3) is 0 Å². The largest absolute Gasteiger partial charge is 0.361 e. The average molecular weight is 178 g/mol. The molecule has 0 aromatic rings. The number of halogens is 1. The Hall–Kier alpha value is -0.380. The molecule has 0 radical (unpaired) electrons. The van der Waals surface area contributed by atoms with Crippen molar-refractivity contribution < 1.29 is 0 Å². The first kappa shape index (κ1) is 7.62. The van der Waals surface area contributed by atoms with Crippen molar-refractivity contribution in [2.45, 2.75) is 0 Å². The first-order valence-corrected chi connectivity index (χ1v) is 2.85. The van der Waals surface area contributed by atoms with Gasteiger partial charge in [-0.3, -0.25) is 10.8 Å². The van der Waals surface area contributed by atoms with Gasteiger partial charge in [-0.15, -0.1) is 0 Å². The highest BCUT2D eigenvalue weighted by atomic mass is 79.9. The molecular weight excluding hydrogens is 170 g/mol. The van der Waals surface area contributed by atoms with Gasteiger partial charge in [0.2, 0.25) is 0 Å². The molecule has 0 saturated heterocycles. The standard InChI is InChI=1S/C4H8BrN3/c1-8(2)4(7)3(5)6/h6-7H,1-2H3. The summed E-state index contributed by atoms with van der Waals surface area (Å²) in [5.41, 5.74) is 0. The SMILES string of the molecule is CN(C)C(=N)C(=N)Br. The lowest BCUT2D eigenvalue weighted by molar-refractivity contribution is 0.627. The van der Waals surface area contributed by atoms with Crippen LogP contribution in [0.1, 0.15) is 0 Å². The predicted molar refractivity (Wildman–Crippen MR) is 38.1 cm³/mol. The zero-order valence-corrected chi connectivity index (χ0v) is 6.41. The molecule has 0 aliphatic heterocycles. The predicted octanol–water partition coefficient (Wildman–Crippen LogP) is 0.897. The van der Waals surface area contributed by atoms with Crippen LogP contribution in [0.2, 0.25) is 0 Å². The summed E-state index contributed by atoms with van der Waals surface area (Å²) in [7, 11) is 3.44. The summed E-state index contributed by atoms with van der Waals surface area (Å²) in [6, 6.07) is 0. The molecule has 0 unspecified atom stereocenters. The highest BCUT2D eigenvalue weighted by Gasteiger charge is 2.00. The summed E-state index contributed by atoms with van der Waals surface area (Å²) in [6.45, 7) is 0. The smallest absolute Gasteiger partial charge is 0.153 e. The monoisotopic (exact) mass is 177 g/mol. The van der Waals surface area contributed by atoms with E-state index in [4.69, 9.17) is 10.8 Å². The van der Waals surface area contributed by atoms with E-state index in [0.29, 0.717) is 0 Å². The minimum Gasteiger partial charge on any atom is -0.361 e. The molecule has 0 aliphatic rings. The summed E-state index contributed by atoms with van der Waals surface area (Å²) in [4.78, 5) is 1.55. The van der Waals surface area contributed by atoms with Crippen molar-refractivity contribution in [2.24, 2.45) is 0 Å². The average Bonchev–Trinajstić information content (AvgIpc) is 1.64. The Morgan fingerprint density at radius 3 is 1.75 bits per heavy atom. The van der Waals surface area contributed by atoms with Crippen LogP contribution < -0.4 is 0 Å². The third kappa shape index (κ3) is 2.07. The van der Waals surface area contributed by atoms with Gasteiger partial charge in [-0.25, -0.2) is 0 Å². The first-order chi connectivity index (χ1) is 3.55. The van der Waals surface area contributed by atoms with Crippen LogP contribution in [0.4, 0.5) is 0 Å². The van der Waals surface area contributed by atoms with Gasteiger partial charge in [-0.05, 0) is 15.9 Å². The lowest BCUT2D eigenvalue weighted by atomic mass is 10.6. The van der Waals surface area contributed by atoms with Gasteiger partial charge >= 0.3 is 0 Å². The van der Waals surface area contributed by atoms with E-state index in [1.165, 1.54) is 0 Å². The molecule has 0 heterocycles. The van der Waals surface area contributed by atoms with Gasteiger partial charge < -0.3 is 4.90 Å². The molecule has 4 heteroatoms. The van der Waals surface area contributed by atoms with Gasteiger partial charge in [0, 0.05) is 14.1 Å². The van der Waals surface area contributed by atoms with E-state index in [0.717, 1.165) is 0 Å². The molecule has 0 aromatic carbocycles. The van der Waals surface area contributed by atoms with Crippen LogP contribution in [0.15, 0.2) is 0 Å². The Bertz CT molecular complexity index is 118. The van der Waals surface area contributed by atoms with Crippen molar-refractivity contribution in [1.29, 1.82) is 10.8 Å². The lowest BCUT2D eigenvalue weighted by Gasteiger charge is -2.09. The molecule has 0 spiro atoms. The molecule has 0 aliphatic carbocycles. The highest BCUT2D eigenvalue weighted by molar-refractivity contribution is 9.19. The van der Waals surface area contributed by atoms with Crippen LogP contribution in [-0.4, -0.2) is 29.5 Å². The molecule has 0 fully saturated rings. The van der Waals surface area contributed by atoms with Gasteiger partial charge in [0.05, 0.1) is 0 Å². The van der Waals surface area contributed by atoms with Gasteiger partial charge in [-0.1, -0.05) is 0 Å². The second-order valence-corrected chi connectivity index (χ2v) is 2.35. The molecule has 46 valence electrons. The van der Waals surface area contributed by atoms with E-state index >= 15 is 0 Å². The number of hydrogen-bond donors (Lipinski definition) is 2.